The molecule has 80 valence electrons. The molecule has 0 heterocycles. The smallest absolute Gasteiger partial charge is 0.416 e. The van der Waals surface area contributed by atoms with Gasteiger partial charge >= 0.3 is 6.18 Å². The Morgan fingerprint density at radius 3 is 2.47 bits per heavy atom. The van der Waals surface area contributed by atoms with Crippen LogP contribution in [0.5, 0.6) is 5.75 Å². The molecule has 1 aromatic rings. The maximum absolute atomic E-state index is 12.2. The zero-order chi connectivity index (χ0) is 11.5. The quantitative estimate of drug-likeness (QED) is 0.520. The van der Waals surface area contributed by atoms with Crippen molar-refractivity contribution in [3.05, 3.63) is 29.3 Å². The van der Waals surface area contributed by atoms with Crippen LogP contribution in [0.3, 0.4) is 0 Å². The van der Waals surface area contributed by atoms with Crippen LogP contribution < -0.4 is 0 Å². The lowest BCUT2D eigenvalue weighted by Gasteiger charge is -2.07. The summed E-state index contributed by atoms with van der Waals surface area (Å²) in [5.41, 5.74) is -0.728. The maximum Gasteiger partial charge on any atom is 0.416 e. The molecular weight excluding hydrogens is 225 g/mol. The van der Waals surface area contributed by atoms with Gasteiger partial charge in [-0.05, 0) is 18.2 Å². The van der Waals surface area contributed by atoms with Crippen LogP contribution >= 0.6 is 12.6 Å². The van der Waals surface area contributed by atoms with Gasteiger partial charge < -0.3 is 5.11 Å². The molecule has 0 amide bonds. The van der Waals surface area contributed by atoms with Gasteiger partial charge in [-0.25, -0.2) is 0 Å². The van der Waals surface area contributed by atoms with Crippen molar-refractivity contribution in [3.8, 4) is 17.6 Å². The first-order valence-electron chi connectivity index (χ1n) is 3.95. The third-order valence-corrected chi connectivity index (χ3v) is 1.79. The van der Waals surface area contributed by atoms with E-state index in [9.17, 15) is 18.3 Å². The van der Waals surface area contributed by atoms with Crippen LogP contribution in [0, 0.1) is 11.8 Å². The van der Waals surface area contributed by atoms with Crippen molar-refractivity contribution in [1.82, 2.24) is 0 Å². The number of halogens is 3. The largest absolute Gasteiger partial charge is 0.507 e. The molecule has 15 heavy (non-hydrogen) atoms. The summed E-state index contributed by atoms with van der Waals surface area (Å²) in [6.07, 6.45) is -4.45. The van der Waals surface area contributed by atoms with E-state index in [1.165, 1.54) is 0 Å². The monoisotopic (exact) mass is 232 g/mol. The molecule has 0 aromatic heterocycles. The van der Waals surface area contributed by atoms with E-state index in [2.05, 4.69) is 24.5 Å². The minimum Gasteiger partial charge on any atom is -0.507 e. The summed E-state index contributed by atoms with van der Waals surface area (Å²) in [5, 5.41) is 9.25. The normalized spacial score (nSPS) is 10.7. The van der Waals surface area contributed by atoms with Crippen LogP contribution in [0.4, 0.5) is 13.2 Å². The number of rotatable bonds is 0. The van der Waals surface area contributed by atoms with E-state index in [0.29, 0.717) is 6.07 Å². The summed E-state index contributed by atoms with van der Waals surface area (Å²) in [6.45, 7) is 0. The van der Waals surface area contributed by atoms with E-state index in [1.54, 1.807) is 0 Å². The van der Waals surface area contributed by atoms with Gasteiger partial charge in [0.05, 0.1) is 16.9 Å². The molecule has 0 saturated carbocycles. The number of aromatic hydroxyl groups is 1. The number of phenols is 1. The Morgan fingerprint density at radius 2 is 2.00 bits per heavy atom. The standard InChI is InChI=1S/C10H7F3OS/c11-10(12,13)8-4-3-7(2-1-5-15)9(14)6-8/h3-4,6,14-15H,5H2. The first-order valence-corrected chi connectivity index (χ1v) is 4.58. The molecule has 0 unspecified atom stereocenters. The lowest BCUT2D eigenvalue weighted by molar-refractivity contribution is -0.137. The van der Waals surface area contributed by atoms with Crippen LogP contribution in [0.25, 0.3) is 0 Å². The average Bonchev–Trinajstić information content (AvgIpc) is 2.14. The lowest BCUT2D eigenvalue weighted by atomic mass is 10.1. The molecule has 0 atom stereocenters. The Balaban J connectivity index is 3.09. The minimum atomic E-state index is -4.45. The minimum absolute atomic E-state index is 0.164. The molecule has 0 fully saturated rings. The van der Waals surface area contributed by atoms with E-state index < -0.39 is 17.5 Å². The average molecular weight is 232 g/mol. The van der Waals surface area contributed by atoms with Crippen molar-refractivity contribution in [2.75, 3.05) is 5.75 Å². The fourth-order valence-electron chi connectivity index (χ4n) is 0.948. The Labute approximate surface area is 90.3 Å². The van der Waals surface area contributed by atoms with Gasteiger partial charge in [0.2, 0.25) is 0 Å². The first kappa shape index (κ1) is 11.8. The number of hydrogen-bond donors (Lipinski definition) is 2. The number of hydrogen-bond acceptors (Lipinski definition) is 2. The van der Waals surface area contributed by atoms with E-state index in [0.717, 1.165) is 12.1 Å². The van der Waals surface area contributed by atoms with E-state index in [1.807, 2.05) is 0 Å². The second-order valence-corrected chi connectivity index (χ2v) is 3.01. The Hall–Kier alpha value is -1.28. The van der Waals surface area contributed by atoms with Crippen molar-refractivity contribution in [3.63, 3.8) is 0 Å². The summed E-state index contributed by atoms with van der Waals surface area (Å²) in [7, 11) is 0. The summed E-state index contributed by atoms with van der Waals surface area (Å²) < 4.78 is 36.6. The van der Waals surface area contributed by atoms with Gasteiger partial charge in [-0.15, -0.1) is 0 Å². The van der Waals surface area contributed by atoms with Crippen LogP contribution in [0.1, 0.15) is 11.1 Å². The number of benzene rings is 1. The molecule has 1 rings (SSSR count). The zero-order valence-corrected chi connectivity index (χ0v) is 8.36. The van der Waals surface area contributed by atoms with Gasteiger partial charge in [-0.1, -0.05) is 11.8 Å². The number of alkyl halides is 3. The van der Waals surface area contributed by atoms with Crippen molar-refractivity contribution in [1.29, 1.82) is 0 Å². The highest BCUT2D eigenvalue weighted by Crippen LogP contribution is 2.32. The highest BCUT2D eigenvalue weighted by Gasteiger charge is 2.30. The van der Waals surface area contributed by atoms with Crippen LogP contribution in [-0.2, 0) is 6.18 Å². The first-order chi connectivity index (χ1) is 6.95. The number of phenolic OH excluding ortho intramolecular Hbond substituents is 1. The highest BCUT2D eigenvalue weighted by atomic mass is 32.1. The van der Waals surface area contributed by atoms with E-state index in [-0.39, 0.29) is 11.3 Å². The van der Waals surface area contributed by atoms with Crippen LogP contribution in [0.2, 0.25) is 0 Å². The molecule has 5 heteroatoms. The van der Waals surface area contributed by atoms with Gasteiger partial charge in [0.15, 0.2) is 0 Å². The van der Waals surface area contributed by atoms with E-state index in [4.69, 9.17) is 0 Å². The second kappa shape index (κ2) is 4.49. The third-order valence-electron chi connectivity index (χ3n) is 1.63. The van der Waals surface area contributed by atoms with Crippen molar-refractivity contribution < 1.29 is 18.3 Å². The molecule has 0 aliphatic carbocycles. The SMILES string of the molecule is Oc1cc(C(F)(F)F)ccc1C#CCS. The third kappa shape index (κ3) is 3.10. The molecular formula is C10H7F3OS. The summed E-state index contributed by atoms with van der Waals surface area (Å²) >= 11 is 3.82. The Kier molecular flexibility index (Phi) is 3.53. The van der Waals surface area contributed by atoms with Crippen molar-refractivity contribution in [2.45, 2.75) is 6.18 Å². The van der Waals surface area contributed by atoms with Gasteiger partial charge in [-0.2, -0.15) is 25.8 Å². The van der Waals surface area contributed by atoms with Crippen molar-refractivity contribution >= 4 is 12.6 Å². The second-order valence-electron chi connectivity index (χ2n) is 2.69. The van der Waals surface area contributed by atoms with E-state index >= 15 is 0 Å². The Morgan fingerprint density at radius 1 is 1.33 bits per heavy atom. The molecule has 1 nitrogen and oxygen atoms in total. The fraction of sp³-hybridized carbons (Fsp3) is 0.200. The fourth-order valence-corrected chi connectivity index (χ4v) is 1.03. The van der Waals surface area contributed by atoms with Crippen LogP contribution in [-0.4, -0.2) is 10.9 Å². The predicted octanol–water partition coefficient (Wildman–Crippen LogP) is 2.69. The lowest BCUT2D eigenvalue weighted by Crippen LogP contribution is -2.04. The molecule has 0 spiro atoms. The zero-order valence-electron chi connectivity index (χ0n) is 7.47. The summed E-state index contributed by atoms with van der Waals surface area (Å²) in [6, 6.07) is 2.67. The van der Waals surface area contributed by atoms with Gasteiger partial charge in [0.25, 0.3) is 0 Å². The molecule has 1 aromatic carbocycles. The maximum atomic E-state index is 12.2. The molecule has 1 N–H and O–H groups in total. The summed E-state index contributed by atoms with van der Waals surface area (Å²) in [4.78, 5) is 0. The van der Waals surface area contributed by atoms with Gasteiger partial charge in [0.1, 0.15) is 5.75 Å². The summed E-state index contributed by atoms with van der Waals surface area (Å²) in [5.74, 6) is 4.84. The number of thiol groups is 1. The molecule has 0 aliphatic heterocycles. The molecule has 0 aliphatic rings. The van der Waals surface area contributed by atoms with Gasteiger partial charge in [0, 0.05) is 0 Å². The van der Waals surface area contributed by atoms with Crippen LogP contribution in [0.15, 0.2) is 18.2 Å². The molecule has 0 radical (unpaired) electrons. The van der Waals surface area contributed by atoms with Crippen molar-refractivity contribution in [2.24, 2.45) is 0 Å². The molecule has 0 saturated heterocycles. The predicted molar refractivity (Wildman–Crippen MR) is 53.8 cm³/mol. The van der Waals surface area contributed by atoms with Gasteiger partial charge in [-0.3, -0.25) is 0 Å². The Bertz CT molecular complexity index is 415. The molecule has 0 bridgehead atoms. The highest BCUT2D eigenvalue weighted by molar-refractivity contribution is 7.80. The topological polar surface area (TPSA) is 20.2 Å².